The number of nitrogens with zero attached hydrogens (tertiary/aromatic N) is 6. The Balaban J connectivity index is 1.38. The highest BCUT2D eigenvalue weighted by Crippen LogP contribution is 2.23. The van der Waals surface area contributed by atoms with Crippen molar-refractivity contribution in [3.63, 3.8) is 0 Å². The van der Waals surface area contributed by atoms with Gasteiger partial charge in [-0.2, -0.15) is 9.61 Å². The van der Waals surface area contributed by atoms with E-state index in [1.807, 2.05) is 18.2 Å². The normalized spacial score (nSPS) is 17.5. The zero-order chi connectivity index (χ0) is 23.9. The van der Waals surface area contributed by atoms with Crippen molar-refractivity contribution < 1.29 is 9.84 Å². The third-order valence-electron chi connectivity index (χ3n) is 6.26. The summed E-state index contributed by atoms with van der Waals surface area (Å²) in [5.74, 6) is 0.490. The van der Waals surface area contributed by atoms with E-state index in [1.165, 1.54) is 7.05 Å². The second kappa shape index (κ2) is 8.58. The smallest absolute Gasteiger partial charge is 0.328 e. The molecular formula is C24H26N8O3. The van der Waals surface area contributed by atoms with Crippen molar-refractivity contribution in [2.75, 3.05) is 36.5 Å². The molecule has 1 saturated heterocycles. The zero-order valence-corrected chi connectivity index (χ0v) is 19.3. The first-order valence-corrected chi connectivity index (χ1v) is 11.7. The predicted molar refractivity (Wildman–Crippen MR) is 131 cm³/mol. The molecule has 4 heterocycles. The van der Waals surface area contributed by atoms with Gasteiger partial charge in [-0.25, -0.2) is 9.78 Å². The Morgan fingerprint density at radius 1 is 1.23 bits per heavy atom. The van der Waals surface area contributed by atoms with Crippen molar-refractivity contribution in [1.82, 2.24) is 24.1 Å². The van der Waals surface area contributed by atoms with Gasteiger partial charge in [0, 0.05) is 42.8 Å². The molecular weight excluding hydrogens is 448 g/mol. The number of H-pyrrole nitrogens is 1. The number of rotatable bonds is 5. The summed E-state index contributed by atoms with van der Waals surface area (Å²) in [6.07, 6.45) is 5.44. The standard InChI is InChI=1S/C24H26N8O3/c1-30-23(33)19(28-24(30)34)12-15-14-25-32-21(27-17-2-3-17)13-20(29-22(15)32)26-16-4-6-18(7-5-16)31-8-10-35-11-9-31/h4-7,12-14,17,26,33H,2-3,8-11H2,1H3,(H,28,34)/b15-12-,27-21?. The molecule has 1 aromatic carbocycles. The maximum atomic E-state index is 11.9. The largest absolute Gasteiger partial charge is 0.493 e. The van der Waals surface area contributed by atoms with Gasteiger partial charge in [0.25, 0.3) is 0 Å². The van der Waals surface area contributed by atoms with Crippen molar-refractivity contribution >= 4 is 28.9 Å². The lowest BCUT2D eigenvalue weighted by molar-refractivity contribution is 0.122. The molecule has 1 aliphatic carbocycles. The Morgan fingerprint density at radius 3 is 2.69 bits per heavy atom. The topological polar surface area (TPSA) is 125 Å². The second-order valence-electron chi connectivity index (χ2n) is 8.84. The number of morpholine rings is 1. The number of benzene rings is 1. The molecule has 2 aliphatic rings. The molecule has 0 radical (unpaired) electrons. The molecule has 0 amide bonds. The molecule has 11 heteroatoms. The Morgan fingerprint density at radius 2 is 2.00 bits per heavy atom. The third-order valence-corrected chi connectivity index (χ3v) is 6.26. The number of anilines is 3. The fourth-order valence-corrected chi connectivity index (χ4v) is 4.13. The second-order valence-corrected chi connectivity index (χ2v) is 8.84. The number of aromatic nitrogens is 5. The van der Waals surface area contributed by atoms with Gasteiger partial charge in [-0.15, -0.1) is 0 Å². The highest BCUT2D eigenvalue weighted by atomic mass is 16.5. The summed E-state index contributed by atoms with van der Waals surface area (Å²) in [4.78, 5) is 26.4. The number of fused-ring (bicyclic) bond motifs is 1. The highest BCUT2D eigenvalue weighted by Gasteiger charge is 2.20. The molecule has 11 nitrogen and oxygen atoms in total. The Labute approximate surface area is 200 Å². The first-order valence-electron chi connectivity index (χ1n) is 11.7. The van der Waals surface area contributed by atoms with Crippen LogP contribution in [0.4, 0.5) is 17.2 Å². The third kappa shape index (κ3) is 4.26. The number of ether oxygens (including phenoxy) is 1. The van der Waals surface area contributed by atoms with Crippen LogP contribution in [-0.2, 0) is 11.8 Å². The molecule has 35 heavy (non-hydrogen) atoms. The molecule has 4 aromatic rings. The van der Waals surface area contributed by atoms with Crippen LogP contribution in [0, 0.1) is 0 Å². The molecule has 3 N–H and O–H groups in total. The van der Waals surface area contributed by atoms with Gasteiger partial charge in [0.05, 0.1) is 25.5 Å². The highest BCUT2D eigenvalue weighted by molar-refractivity contribution is 5.63. The van der Waals surface area contributed by atoms with Crippen LogP contribution < -0.4 is 26.6 Å². The van der Waals surface area contributed by atoms with Crippen molar-refractivity contribution in [3.8, 4) is 5.88 Å². The van der Waals surface area contributed by atoms with E-state index >= 15 is 0 Å². The molecule has 0 spiro atoms. The maximum Gasteiger partial charge on any atom is 0.328 e. The Hall–Kier alpha value is -4.12. The Bertz CT molecular complexity index is 1560. The summed E-state index contributed by atoms with van der Waals surface area (Å²) >= 11 is 0. The molecule has 1 saturated carbocycles. The summed E-state index contributed by atoms with van der Waals surface area (Å²) in [7, 11) is 1.50. The zero-order valence-electron chi connectivity index (χ0n) is 19.3. The SMILES string of the molecule is Cn1c(O)c(/C=c2/cnn3c(=NC4CC4)cc(Nc4ccc(N5CCOCC5)cc4)nc23)[nH]c1=O. The van der Waals surface area contributed by atoms with Gasteiger partial charge >= 0.3 is 5.69 Å². The van der Waals surface area contributed by atoms with Gasteiger partial charge < -0.3 is 25.0 Å². The van der Waals surface area contributed by atoms with Crippen molar-refractivity contribution in [2.24, 2.45) is 12.0 Å². The minimum absolute atomic E-state index is 0.146. The fourth-order valence-electron chi connectivity index (χ4n) is 4.13. The lowest BCUT2D eigenvalue weighted by Crippen LogP contribution is -2.36. The first kappa shape index (κ1) is 21.4. The number of aromatic hydroxyl groups is 1. The molecule has 6 rings (SSSR count). The Kier molecular flexibility index (Phi) is 5.25. The van der Waals surface area contributed by atoms with Crippen LogP contribution in [0.3, 0.4) is 0 Å². The van der Waals surface area contributed by atoms with Gasteiger partial charge in [-0.05, 0) is 43.2 Å². The van der Waals surface area contributed by atoms with Gasteiger partial charge in [-0.1, -0.05) is 0 Å². The first-order chi connectivity index (χ1) is 17.0. The number of aromatic amines is 1. The van der Waals surface area contributed by atoms with Crippen LogP contribution in [0.15, 0.2) is 46.3 Å². The molecule has 0 atom stereocenters. The lowest BCUT2D eigenvalue weighted by Gasteiger charge is -2.28. The van der Waals surface area contributed by atoms with Gasteiger partial charge in [0.1, 0.15) is 11.5 Å². The fraction of sp³-hybridized carbons (Fsp3) is 0.333. The van der Waals surface area contributed by atoms with Crippen LogP contribution in [0.25, 0.3) is 11.7 Å². The summed E-state index contributed by atoms with van der Waals surface area (Å²) in [5.41, 5.74) is 3.25. The van der Waals surface area contributed by atoms with Crippen molar-refractivity contribution in [2.45, 2.75) is 18.9 Å². The lowest BCUT2D eigenvalue weighted by atomic mass is 10.2. The van der Waals surface area contributed by atoms with Crippen molar-refractivity contribution in [3.05, 3.63) is 63.4 Å². The van der Waals surface area contributed by atoms with Crippen LogP contribution >= 0.6 is 0 Å². The summed E-state index contributed by atoms with van der Waals surface area (Å²) in [6.45, 7) is 3.27. The summed E-state index contributed by atoms with van der Waals surface area (Å²) < 4.78 is 8.28. The monoisotopic (exact) mass is 474 g/mol. The summed E-state index contributed by atoms with van der Waals surface area (Å²) in [5, 5.41) is 18.8. The van der Waals surface area contributed by atoms with Crippen LogP contribution in [0.2, 0.25) is 0 Å². The van der Waals surface area contributed by atoms with Crippen LogP contribution in [-0.4, -0.2) is 61.6 Å². The van der Waals surface area contributed by atoms with Gasteiger partial charge in [0.2, 0.25) is 5.88 Å². The maximum absolute atomic E-state index is 11.9. The van der Waals surface area contributed by atoms with E-state index in [0.717, 1.165) is 55.1 Å². The molecule has 180 valence electrons. The quantitative estimate of drug-likeness (QED) is 0.388. The number of nitrogens with one attached hydrogen (secondary N) is 2. The minimum atomic E-state index is -0.398. The molecule has 0 unspecified atom stereocenters. The molecule has 3 aromatic heterocycles. The van der Waals surface area contributed by atoms with E-state index in [2.05, 4.69) is 32.4 Å². The molecule has 0 bridgehead atoms. The van der Waals surface area contributed by atoms with Crippen LogP contribution in [0.1, 0.15) is 18.5 Å². The number of hydrogen-bond acceptors (Lipinski definition) is 8. The van der Waals surface area contributed by atoms with E-state index < -0.39 is 5.69 Å². The van der Waals surface area contributed by atoms with Crippen LogP contribution in [0.5, 0.6) is 5.88 Å². The number of imidazole rings is 1. The van der Waals surface area contributed by atoms with E-state index in [9.17, 15) is 9.90 Å². The summed E-state index contributed by atoms with van der Waals surface area (Å²) in [6, 6.07) is 10.4. The van der Waals surface area contributed by atoms with E-state index in [1.54, 1.807) is 16.8 Å². The van der Waals surface area contributed by atoms with E-state index in [4.69, 9.17) is 14.7 Å². The minimum Gasteiger partial charge on any atom is -0.493 e. The van der Waals surface area contributed by atoms with Gasteiger partial charge in [0.15, 0.2) is 11.1 Å². The molecule has 2 fully saturated rings. The molecule has 1 aliphatic heterocycles. The van der Waals surface area contributed by atoms with E-state index in [-0.39, 0.29) is 5.88 Å². The van der Waals surface area contributed by atoms with Crippen molar-refractivity contribution in [1.29, 1.82) is 0 Å². The predicted octanol–water partition coefficient (Wildman–Crippen LogP) is 0.653. The average molecular weight is 475 g/mol. The average Bonchev–Trinajstić information content (AvgIpc) is 3.56. The number of hydrogen-bond donors (Lipinski definition) is 3. The van der Waals surface area contributed by atoms with E-state index in [0.29, 0.717) is 33.9 Å². The van der Waals surface area contributed by atoms with Gasteiger partial charge in [-0.3, -0.25) is 9.56 Å².